The van der Waals surface area contributed by atoms with E-state index in [9.17, 15) is 18.0 Å². The van der Waals surface area contributed by atoms with Crippen molar-refractivity contribution < 1.29 is 41.7 Å². The lowest BCUT2D eigenvalue weighted by Gasteiger charge is -2.46. The van der Waals surface area contributed by atoms with Crippen LogP contribution in [-0.4, -0.2) is 96.2 Å². The average molecular weight is 716 g/mol. The largest absolute Gasteiger partial charge is 0.493 e. The van der Waals surface area contributed by atoms with E-state index in [-0.39, 0.29) is 29.4 Å². The van der Waals surface area contributed by atoms with Crippen LogP contribution in [0.15, 0.2) is 53.4 Å². The van der Waals surface area contributed by atoms with E-state index in [0.717, 1.165) is 18.4 Å². The maximum Gasteiger partial charge on any atom is 0.410 e. The number of likely N-dealkylation sites (N-methyl/N-ethyl adjacent to an activating group) is 1. The zero-order chi connectivity index (χ0) is 34.6. The van der Waals surface area contributed by atoms with Gasteiger partial charge in [-0.3, -0.25) is 4.79 Å². The summed E-state index contributed by atoms with van der Waals surface area (Å²) in [7, 11) is -2.54. The van der Waals surface area contributed by atoms with Gasteiger partial charge in [-0.1, -0.05) is 23.7 Å². The van der Waals surface area contributed by atoms with Crippen molar-refractivity contribution in [2.24, 2.45) is 11.8 Å². The quantitative estimate of drug-likeness (QED) is 0.449. The molecule has 2 fully saturated rings. The van der Waals surface area contributed by atoms with Crippen molar-refractivity contribution in [1.82, 2.24) is 9.62 Å². The van der Waals surface area contributed by atoms with Gasteiger partial charge in [-0.2, -0.15) is 0 Å². The molecule has 2 aromatic rings. The number of fused-ring (bicyclic) bond motifs is 4. The average Bonchev–Trinajstić information content (AvgIpc) is 3.16. The standard InChI is InChI=1S/C35H42ClN3O9S/c1-34(2)32(40)37-49(42,43)25-8-11-30-28(16-25)39(20-35(21-46-30)12-14-45-31-15-23(36)7-10-27(31)35)17-22-6-9-26(22)29(5-4-13-47-34)48-33(41)38(3)24-18-44-19-24/h4-5,7-8,10-11,15-16,22,24,26,29H,6,9,12-14,17-21H2,1-3H3,(H,37,40)/b5-4+/t22-,26+,29-,35-/m0/s1. The molecule has 12 nitrogen and oxygen atoms in total. The molecule has 4 aliphatic heterocycles. The fraction of sp³-hybridized carbons (Fsp3) is 0.543. The summed E-state index contributed by atoms with van der Waals surface area (Å²) < 4.78 is 59.2. The first kappa shape index (κ1) is 34.0. The molecule has 1 spiro atoms. The second-order valence-electron chi connectivity index (χ2n) is 14.2. The molecular weight excluding hydrogens is 674 g/mol. The van der Waals surface area contributed by atoms with Gasteiger partial charge in [-0.25, -0.2) is 17.9 Å². The van der Waals surface area contributed by atoms with Gasteiger partial charge < -0.3 is 33.5 Å². The number of amides is 2. The molecule has 2 amide bonds. The minimum atomic E-state index is -4.26. The van der Waals surface area contributed by atoms with Gasteiger partial charge in [-0.05, 0) is 75.4 Å². The summed E-state index contributed by atoms with van der Waals surface area (Å²) in [5.74, 6) is 0.540. The molecule has 1 saturated heterocycles. The van der Waals surface area contributed by atoms with Crippen LogP contribution in [0.5, 0.6) is 11.5 Å². The Morgan fingerprint density at radius 1 is 1.10 bits per heavy atom. The normalized spacial score (nSPS) is 29.7. The molecule has 14 heteroatoms. The van der Waals surface area contributed by atoms with Crippen LogP contribution in [0, 0.1) is 11.8 Å². The number of sulfonamides is 1. The first-order chi connectivity index (χ1) is 23.3. The van der Waals surface area contributed by atoms with Crippen molar-refractivity contribution in [2.45, 2.75) is 61.2 Å². The molecule has 4 heterocycles. The van der Waals surface area contributed by atoms with Crippen molar-refractivity contribution >= 4 is 39.3 Å². The number of ether oxygens (including phenoxy) is 5. The van der Waals surface area contributed by atoms with Crippen LogP contribution in [0.2, 0.25) is 5.02 Å². The molecule has 49 heavy (non-hydrogen) atoms. The lowest BCUT2D eigenvalue weighted by atomic mass is 9.69. The van der Waals surface area contributed by atoms with Gasteiger partial charge in [0.05, 0.1) is 55.1 Å². The van der Waals surface area contributed by atoms with Gasteiger partial charge in [0.1, 0.15) is 23.2 Å². The van der Waals surface area contributed by atoms with E-state index in [2.05, 4.69) is 9.62 Å². The minimum absolute atomic E-state index is 0.00766. The molecule has 1 N–H and O–H groups in total. The monoisotopic (exact) mass is 715 g/mol. The Balaban J connectivity index is 1.28. The van der Waals surface area contributed by atoms with Crippen molar-refractivity contribution in [2.75, 3.05) is 58.1 Å². The third kappa shape index (κ3) is 6.58. The van der Waals surface area contributed by atoms with Crippen molar-refractivity contribution in [3.05, 3.63) is 59.1 Å². The Kier molecular flexibility index (Phi) is 9.00. The molecule has 4 atom stereocenters. The third-order valence-electron chi connectivity index (χ3n) is 10.6. The Morgan fingerprint density at radius 3 is 2.65 bits per heavy atom. The van der Waals surface area contributed by atoms with E-state index in [1.54, 1.807) is 30.2 Å². The molecule has 5 aliphatic rings. The van der Waals surface area contributed by atoms with Crippen LogP contribution in [0.25, 0.3) is 0 Å². The molecule has 0 radical (unpaired) electrons. The van der Waals surface area contributed by atoms with Crippen molar-refractivity contribution in [3.8, 4) is 11.5 Å². The van der Waals surface area contributed by atoms with Crippen LogP contribution in [0.4, 0.5) is 10.5 Å². The highest BCUT2D eigenvalue weighted by molar-refractivity contribution is 7.90. The van der Waals surface area contributed by atoms with E-state index in [4.69, 9.17) is 35.3 Å². The smallest absolute Gasteiger partial charge is 0.410 e. The number of anilines is 1. The van der Waals surface area contributed by atoms with Gasteiger partial charge in [0, 0.05) is 36.6 Å². The predicted molar refractivity (Wildman–Crippen MR) is 181 cm³/mol. The van der Waals surface area contributed by atoms with E-state index < -0.39 is 39.1 Å². The van der Waals surface area contributed by atoms with Crippen molar-refractivity contribution in [1.29, 1.82) is 0 Å². The molecule has 1 saturated carbocycles. The second-order valence-corrected chi connectivity index (χ2v) is 16.3. The number of hydrogen-bond acceptors (Lipinski definition) is 10. The minimum Gasteiger partial charge on any atom is -0.493 e. The summed E-state index contributed by atoms with van der Waals surface area (Å²) in [5.41, 5.74) is -0.369. The van der Waals surface area contributed by atoms with Crippen LogP contribution in [0.1, 0.15) is 38.7 Å². The first-order valence-electron chi connectivity index (χ1n) is 16.7. The second kappa shape index (κ2) is 13.0. The van der Waals surface area contributed by atoms with Gasteiger partial charge in [-0.15, -0.1) is 0 Å². The molecule has 264 valence electrons. The summed E-state index contributed by atoms with van der Waals surface area (Å²) in [6.07, 6.45) is 5.00. The highest BCUT2D eigenvalue weighted by Crippen LogP contribution is 2.48. The number of carbonyl (C=O) groups excluding carboxylic acids is 2. The molecule has 7 rings (SSSR count). The van der Waals surface area contributed by atoms with Gasteiger partial charge in [0.25, 0.3) is 15.9 Å². The third-order valence-corrected chi connectivity index (χ3v) is 12.2. The highest BCUT2D eigenvalue weighted by Gasteiger charge is 2.46. The van der Waals surface area contributed by atoms with E-state index >= 15 is 0 Å². The Morgan fingerprint density at radius 2 is 1.92 bits per heavy atom. The fourth-order valence-electron chi connectivity index (χ4n) is 7.18. The van der Waals surface area contributed by atoms with E-state index in [1.165, 1.54) is 19.9 Å². The zero-order valence-corrected chi connectivity index (χ0v) is 29.4. The molecule has 0 unspecified atom stereocenters. The lowest BCUT2D eigenvalue weighted by Crippen LogP contribution is -2.52. The van der Waals surface area contributed by atoms with Crippen LogP contribution < -0.4 is 19.1 Å². The SMILES string of the molecule is CN(C(=O)O[C@H]1/C=C/COC(C)(C)C(=O)NS(=O)(=O)c2ccc3c(c2)N(C[C@@H]2CC[C@H]21)C[C@@]1(CCOc2cc(Cl)ccc21)CO3)C1COC1. The summed E-state index contributed by atoms with van der Waals surface area (Å²) in [6, 6.07) is 10.3. The maximum atomic E-state index is 13.6. The number of rotatable bonds is 2. The zero-order valence-electron chi connectivity index (χ0n) is 27.9. The summed E-state index contributed by atoms with van der Waals surface area (Å²) in [5, 5.41) is 0.575. The molecule has 2 aromatic carbocycles. The molecule has 2 bridgehead atoms. The molecule has 1 aliphatic carbocycles. The highest BCUT2D eigenvalue weighted by atomic mass is 35.5. The van der Waals surface area contributed by atoms with Gasteiger partial charge in [0.2, 0.25) is 0 Å². The van der Waals surface area contributed by atoms with E-state index in [0.29, 0.717) is 68.1 Å². The van der Waals surface area contributed by atoms with Gasteiger partial charge in [0.15, 0.2) is 0 Å². The number of hydrogen-bond donors (Lipinski definition) is 1. The molecule has 0 aromatic heterocycles. The summed E-state index contributed by atoms with van der Waals surface area (Å²) in [6.45, 7) is 5.86. The Bertz CT molecular complexity index is 1760. The number of benzene rings is 2. The van der Waals surface area contributed by atoms with E-state index in [1.807, 2.05) is 24.3 Å². The maximum absolute atomic E-state index is 13.6. The number of nitrogens with zero attached hydrogens (tertiary/aromatic N) is 2. The van der Waals surface area contributed by atoms with Crippen LogP contribution in [0.3, 0.4) is 0 Å². The van der Waals surface area contributed by atoms with Gasteiger partial charge >= 0.3 is 6.09 Å². The molecular formula is C35H42ClN3O9S. The first-order valence-corrected chi connectivity index (χ1v) is 18.6. The van der Waals surface area contributed by atoms with Crippen LogP contribution in [-0.2, 0) is 34.4 Å². The topological polar surface area (TPSA) is 133 Å². The lowest BCUT2D eigenvalue weighted by molar-refractivity contribution is -0.139. The summed E-state index contributed by atoms with van der Waals surface area (Å²) >= 11 is 6.35. The fourth-order valence-corrected chi connectivity index (χ4v) is 8.47. The van der Waals surface area contributed by atoms with Crippen LogP contribution >= 0.6 is 11.6 Å². The van der Waals surface area contributed by atoms with Crippen molar-refractivity contribution in [3.63, 3.8) is 0 Å². The number of nitrogens with one attached hydrogen (secondary N) is 1. The summed E-state index contributed by atoms with van der Waals surface area (Å²) in [4.78, 5) is 30.2. The Labute approximate surface area is 291 Å². The predicted octanol–water partition coefficient (Wildman–Crippen LogP) is 4.29. The number of halogens is 1. The number of carbonyl (C=O) groups is 2. The Hall–Kier alpha value is -3.52.